The Bertz CT molecular complexity index is 3740. The van der Waals surface area contributed by atoms with Gasteiger partial charge in [0.1, 0.15) is 36.1 Å². The lowest BCUT2D eigenvalue weighted by atomic mass is 9.44. The van der Waals surface area contributed by atoms with E-state index in [2.05, 4.69) is 37.9 Å². The van der Waals surface area contributed by atoms with Gasteiger partial charge in [-0.1, -0.05) is 131 Å². The number of fused-ring (bicyclic) bond motifs is 6. The molecule has 18 atom stereocenters. The van der Waals surface area contributed by atoms with E-state index in [0.717, 1.165) is 64.4 Å². The van der Waals surface area contributed by atoms with Crippen LogP contribution in [0.3, 0.4) is 0 Å². The number of hydrogen-bond donors (Lipinski definition) is 5. The zero-order chi connectivity index (χ0) is 71.8. The van der Waals surface area contributed by atoms with Gasteiger partial charge >= 0.3 is 35.8 Å². The molecule has 0 radical (unpaired) electrons. The van der Waals surface area contributed by atoms with Crippen LogP contribution in [-0.4, -0.2) is 141 Å². The van der Waals surface area contributed by atoms with Crippen molar-refractivity contribution in [1.82, 2.24) is 5.32 Å². The van der Waals surface area contributed by atoms with Crippen LogP contribution in [0.15, 0.2) is 150 Å². The first-order chi connectivity index (χ1) is 47.5. The van der Waals surface area contributed by atoms with E-state index in [1.807, 2.05) is 12.2 Å². The molecule has 20 heteroatoms. The molecule has 100 heavy (non-hydrogen) atoms. The molecule has 8 aliphatic rings. The molecule has 1 heterocycles. The van der Waals surface area contributed by atoms with Crippen molar-refractivity contribution in [3.8, 4) is 0 Å². The molecule has 14 unspecified atom stereocenters. The molecule has 1 aliphatic heterocycles. The number of nitrogens with one attached hydrogen (secondary N) is 1. The van der Waals surface area contributed by atoms with Crippen molar-refractivity contribution in [3.05, 3.63) is 166 Å². The van der Waals surface area contributed by atoms with Gasteiger partial charge in [-0.15, -0.1) is 0 Å². The van der Waals surface area contributed by atoms with Crippen molar-refractivity contribution < 1.29 is 91.9 Å². The lowest BCUT2D eigenvalue weighted by Crippen LogP contribution is -2.82. The van der Waals surface area contributed by atoms with Crippen LogP contribution in [-0.2, 0) is 61.9 Å². The third-order valence-corrected chi connectivity index (χ3v) is 23.7. The first-order valence-electron chi connectivity index (χ1n) is 35.6. The predicted molar refractivity (Wildman–Crippen MR) is 366 cm³/mol. The van der Waals surface area contributed by atoms with E-state index in [0.29, 0.717) is 41.2 Å². The van der Waals surface area contributed by atoms with Crippen molar-refractivity contribution in [2.24, 2.45) is 45.8 Å². The molecule has 2 bridgehead atoms. The Labute approximate surface area is 584 Å². The summed E-state index contributed by atoms with van der Waals surface area (Å²) >= 11 is 0. The normalized spacial score (nSPS) is 33.4. The van der Waals surface area contributed by atoms with Crippen molar-refractivity contribution in [3.63, 3.8) is 0 Å². The number of amides is 1. The fraction of sp³-hybridized carbons (Fsp3) is 0.550. The highest BCUT2D eigenvalue weighted by atomic mass is 16.6. The third kappa shape index (κ3) is 14.4. The Morgan fingerprint density at radius 3 is 2.03 bits per heavy atom. The Kier molecular flexibility index (Phi) is 21.7. The SMILES string of the molecule is C=C1/C(=C\C=C2/CCC[C@@]3(C)C2CCC3[C@@H](C)/C=C/C(O)C2CC2)C[C@@H](OC(=O)CCCCC(=O)OC2CC3OCC3(OC(C)=O)C3C(OC(=O)c4ccccc4)C4(O)CC(OC(=O)C(O)C(NC(=O)c5ccccc5)c5ccccc5)C(C)=C(C(OC(C)=O)C(=O)C23C)C4(C)C)C[C@@H]1O. The number of ketones is 1. The molecule has 20 nitrogen and oxygen atoms in total. The molecule has 5 N–H and O–H groups in total. The molecule has 11 rings (SSSR count). The van der Waals surface area contributed by atoms with Crippen LogP contribution in [0.25, 0.3) is 0 Å². The molecule has 7 fully saturated rings. The van der Waals surface area contributed by atoms with Crippen LogP contribution in [0.5, 0.6) is 0 Å². The molecular formula is C80H97NO19. The number of allylic oxidation sites excluding steroid dienone is 4. The van der Waals surface area contributed by atoms with E-state index < -0.39 is 143 Å². The highest BCUT2D eigenvalue weighted by Gasteiger charge is 2.79. The van der Waals surface area contributed by atoms with Gasteiger partial charge in [0.25, 0.3) is 5.91 Å². The Balaban J connectivity index is 0.836. The summed E-state index contributed by atoms with van der Waals surface area (Å²) in [6.07, 6.45) is 3.31. The average Bonchev–Trinajstić information content (AvgIpc) is 0.781. The van der Waals surface area contributed by atoms with Crippen LogP contribution in [0.2, 0.25) is 0 Å². The highest BCUT2D eigenvalue weighted by Crippen LogP contribution is 2.66. The van der Waals surface area contributed by atoms with Crippen molar-refractivity contribution in [2.75, 3.05) is 6.61 Å². The van der Waals surface area contributed by atoms with Crippen LogP contribution in [0, 0.1) is 45.8 Å². The minimum absolute atomic E-state index is 0.0125. The number of Topliss-reactive ketones (excluding diaryl/α,β-unsaturated/α-hetero) is 1. The quantitative estimate of drug-likeness (QED) is 0.0270. The first kappa shape index (κ1) is 73.3. The second-order valence-corrected chi connectivity index (χ2v) is 30.2. The Hall–Kier alpha value is -7.88. The van der Waals surface area contributed by atoms with E-state index in [4.69, 9.17) is 33.2 Å². The molecule has 1 saturated heterocycles. The zero-order valence-corrected chi connectivity index (χ0v) is 58.6. The minimum Gasteiger partial charge on any atom is -0.462 e. The van der Waals surface area contributed by atoms with Crippen molar-refractivity contribution >= 4 is 47.5 Å². The number of aliphatic hydroxyl groups is 4. The van der Waals surface area contributed by atoms with Crippen LogP contribution < -0.4 is 5.32 Å². The van der Waals surface area contributed by atoms with Gasteiger partial charge in [0.05, 0.1) is 41.8 Å². The molecular weight excluding hydrogens is 1280 g/mol. The molecule has 6 saturated carbocycles. The number of rotatable bonds is 22. The number of carbonyl (C=O) groups excluding carboxylic acids is 8. The predicted octanol–water partition coefficient (Wildman–Crippen LogP) is 10.5. The van der Waals surface area contributed by atoms with Crippen molar-refractivity contribution in [2.45, 2.75) is 224 Å². The fourth-order valence-electron chi connectivity index (χ4n) is 18.0. The molecule has 536 valence electrons. The molecule has 7 aliphatic carbocycles. The summed E-state index contributed by atoms with van der Waals surface area (Å²) in [6.45, 7) is 16.8. The van der Waals surface area contributed by atoms with Gasteiger partial charge in [-0.2, -0.15) is 0 Å². The van der Waals surface area contributed by atoms with E-state index in [-0.39, 0.29) is 72.3 Å². The number of esters is 6. The van der Waals surface area contributed by atoms with Crippen LogP contribution >= 0.6 is 0 Å². The smallest absolute Gasteiger partial charge is 0.338 e. The van der Waals surface area contributed by atoms with Gasteiger partial charge in [0.2, 0.25) is 0 Å². The number of aliphatic hydroxyl groups excluding tert-OH is 3. The van der Waals surface area contributed by atoms with Gasteiger partial charge in [-0.3, -0.25) is 28.8 Å². The lowest BCUT2D eigenvalue weighted by Gasteiger charge is -2.67. The number of ether oxygens (including phenoxy) is 7. The Morgan fingerprint density at radius 2 is 1.41 bits per heavy atom. The van der Waals surface area contributed by atoms with Crippen molar-refractivity contribution in [1.29, 1.82) is 0 Å². The number of hydrogen-bond acceptors (Lipinski definition) is 19. The summed E-state index contributed by atoms with van der Waals surface area (Å²) in [5.41, 5.74) is -4.95. The van der Waals surface area contributed by atoms with Crippen LogP contribution in [0.4, 0.5) is 0 Å². The molecule has 0 aromatic heterocycles. The van der Waals surface area contributed by atoms with E-state index in [1.165, 1.54) is 31.6 Å². The molecule has 0 spiro atoms. The summed E-state index contributed by atoms with van der Waals surface area (Å²) in [5, 5.41) is 50.9. The van der Waals surface area contributed by atoms with Gasteiger partial charge in [-0.05, 0) is 153 Å². The van der Waals surface area contributed by atoms with Gasteiger partial charge in [-0.25, -0.2) is 9.59 Å². The second kappa shape index (κ2) is 29.6. The summed E-state index contributed by atoms with van der Waals surface area (Å²) < 4.78 is 43.9. The second-order valence-electron chi connectivity index (χ2n) is 30.2. The lowest BCUT2D eigenvalue weighted by molar-refractivity contribution is -0.346. The van der Waals surface area contributed by atoms with Gasteiger partial charge in [0.15, 0.2) is 23.6 Å². The Morgan fingerprint density at radius 1 is 0.770 bits per heavy atom. The summed E-state index contributed by atoms with van der Waals surface area (Å²) in [4.78, 5) is 115. The summed E-state index contributed by atoms with van der Waals surface area (Å²) in [5.74, 6) is -7.03. The van der Waals surface area contributed by atoms with E-state index in [1.54, 1.807) is 92.7 Å². The van der Waals surface area contributed by atoms with Gasteiger partial charge < -0.3 is 58.9 Å². The van der Waals surface area contributed by atoms with E-state index >= 15 is 4.79 Å². The molecule has 1 amide bonds. The molecule has 3 aromatic rings. The standard InChI is InChI=1S/C80H97NO19/c1-45(31-38-59(84)51-33-34-51)57-36-37-58-50(28-21-39-77(57,58)8)32-35-55-40-56(41-60(85)46(55)2)96-64(86)29-19-20-30-65(87)98-62-42-63-79(44-94-63,100-49(5)83)70-72(99-74(91)54-26-17-12-18-27-54)80(93)43-61(47(3)66(76(80,6)7)69(95-48(4)82)71(89)78(62,70)9)97-75(92)68(88)67(52-22-13-10-14-23-52)81-73(90)53-24-15-11-16-25-53/h10-18,22-27,31-32,35,38,45,51,56-63,67-70,72,84-85,88,93H,2,19-21,28-30,33-34,36-37,39-44H2,1,3-9H3,(H,81,90)/b38-31+,50-32+,55-35-/t45-,56+,57?,58?,59?,60-,61?,62?,63?,67?,68?,69?,70?,72?,77+,78?,79?,80?/m0/s1. The summed E-state index contributed by atoms with van der Waals surface area (Å²) in [6, 6.07) is 22.7. The van der Waals surface area contributed by atoms with E-state index in [9.17, 15) is 54.0 Å². The van der Waals surface area contributed by atoms with Crippen LogP contribution in [0.1, 0.15) is 184 Å². The highest BCUT2D eigenvalue weighted by molar-refractivity contribution is 5.96. The maximum atomic E-state index is 16.5. The van der Waals surface area contributed by atoms with Gasteiger partial charge in [0, 0.05) is 63.4 Å². The largest absolute Gasteiger partial charge is 0.462 e. The number of carbonyl (C=O) groups is 8. The first-order valence-corrected chi connectivity index (χ1v) is 35.6. The third-order valence-electron chi connectivity index (χ3n) is 23.7. The number of benzene rings is 3. The average molecular weight is 1380 g/mol. The molecule has 3 aromatic carbocycles. The minimum atomic E-state index is -2.53. The number of unbranched alkanes of at least 4 members (excludes halogenated alkanes) is 1. The topological polar surface area (TPSA) is 294 Å². The fourth-order valence-corrected chi connectivity index (χ4v) is 18.0. The maximum absolute atomic E-state index is 16.5. The summed E-state index contributed by atoms with van der Waals surface area (Å²) in [7, 11) is 0. The zero-order valence-electron chi connectivity index (χ0n) is 58.6. The monoisotopic (exact) mass is 1380 g/mol. The maximum Gasteiger partial charge on any atom is 0.338 e.